The lowest BCUT2D eigenvalue weighted by molar-refractivity contribution is 0.536. The Bertz CT molecular complexity index is 1280. The SMILES string of the molecule is CCC(CNCC(N)Cc1c[nH]c2ccccc12)Nc1c2c(nc3cc(Cl)ccc13)CCCC2. The topological polar surface area (TPSA) is 78.8 Å². The molecule has 0 radical (unpaired) electrons. The van der Waals surface area contributed by atoms with E-state index in [1.165, 1.54) is 51.6 Å². The Morgan fingerprint density at radius 1 is 1.09 bits per heavy atom. The minimum atomic E-state index is 0.0633. The van der Waals surface area contributed by atoms with Gasteiger partial charge in [0.25, 0.3) is 0 Å². The first kappa shape index (κ1) is 23.2. The number of aromatic amines is 1. The van der Waals surface area contributed by atoms with Gasteiger partial charge in [-0.15, -0.1) is 0 Å². The Balaban J connectivity index is 1.25. The molecule has 34 heavy (non-hydrogen) atoms. The Morgan fingerprint density at radius 3 is 2.82 bits per heavy atom. The number of benzene rings is 2. The van der Waals surface area contributed by atoms with Crippen molar-refractivity contribution < 1.29 is 0 Å². The third-order valence-electron chi connectivity index (χ3n) is 7.02. The number of fused-ring (bicyclic) bond motifs is 3. The summed E-state index contributed by atoms with van der Waals surface area (Å²) in [4.78, 5) is 8.30. The van der Waals surface area contributed by atoms with Crippen molar-refractivity contribution in [2.75, 3.05) is 18.4 Å². The third-order valence-corrected chi connectivity index (χ3v) is 7.26. The monoisotopic (exact) mass is 475 g/mol. The molecule has 1 aliphatic carbocycles. The predicted octanol–water partition coefficient (Wildman–Crippen LogP) is 5.60. The number of aromatic nitrogens is 2. The van der Waals surface area contributed by atoms with Crippen LogP contribution in [0.1, 0.15) is 43.0 Å². The fourth-order valence-corrected chi connectivity index (χ4v) is 5.33. The van der Waals surface area contributed by atoms with Gasteiger partial charge in [0, 0.05) is 64.1 Å². The predicted molar refractivity (Wildman–Crippen MR) is 144 cm³/mol. The molecule has 0 saturated carbocycles. The van der Waals surface area contributed by atoms with Crippen LogP contribution in [-0.4, -0.2) is 35.1 Å². The van der Waals surface area contributed by atoms with Crippen molar-refractivity contribution in [3.8, 4) is 0 Å². The third kappa shape index (κ3) is 4.92. The highest BCUT2D eigenvalue weighted by Crippen LogP contribution is 2.35. The average molecular weight is 476 g/mol. The number of nitrogens with two attached hydrogens (primary N) is 1. The van der Waals surface area contributed by atoms with Crippen LogP contribution in [0.15, 0.2) is 48.7 Å². The zero-order valence-electron chi connectivity index (χ0n) is 19.8. The summed E-state index contributed by atoms with van der Waals surface area (Å²) in [6.07, 6.45) is 8.53. The number of nitrogens with one attached hydrogen (secondary N) is 3. The summed E-state index contributed by atoms with van der Waals surface area (Å²) in [6, 6.07) is 14.8. The molecule has 5 rings (SSSR count). The quantitative estimate of drug-likeness (QED) is 0.254. The minimum Gasteiger partial charge on any atom is -0.380 e. The molecule has 2 heterocycles. The lowest BCUT2D eigenvalue weighted by Gasteiger charge is -2.26. The van der Waals surface area contributed by atoms with Crippen molar-refractivity contribution in [2.45, 2.75) is 57.5 Å². The molecule has 4 aromatic rings. The maximum atomic E-state index is 6.50. The van der Waals surface area contributed by atoms with Crippen molar-refractivity contribution in [3.63, 3.8) is 0 Å². The van der Waals surface area contributed by atoms with Gasteiger partial charge in [-0.1, -0.05) is 36.7 Å². The Kier molecular flexibility index (Phi) is 7.05. The van der Waals surface area contributed by atoms with E-state index in [0.717, 1.165) is 49.3 Å². The highest BCUT2D eigenvalue weighted by atomic mass is 35.5. The first-order chi connectivity index (χ1) is 16.6. The molecule has 2 atom stereocenters. The van der Waals surface area contributed by atoms with Gasteiger partial charge in [-0.25, -0.2) is 0 Å². The Labute approximate surface area is 206 Å². The van der Waals surface area contributed by atoms with Gasteiger partial charge in [0.2, 0.25) is 0 Å². The summed E-state index contributed by atoms with van der Waals surface area (Å²) in [5.41, 5.74) is 13.8. The van der Waals surface area contributed by atoms with Gasteiger partial charge in [0.1, 0.15) is 0 Å². The maximum Gasteiger partial charge on any atom is 0.0741 e. The van der Waals surface area contributed by atoms with Crippen LogP contribution in [0.4, 0.5) is 5.69 Å². The van der Waals surface area contributed by atoms with Crippen LogP contribution in [0.3, 0.4) is 0 Å². The summed E-state index contributed by atoms with van der Waals surface area (Å²) >= 11 is 6.28. The second-order valence-electron chi connectivity index (χ2n) is 9.51. The van der Waals surface area contributed by atoms with Gasteiger partial charge < -0.3 is 21.4 Å². The van der Waals surface area contributed by atoms with E-state index in [0.29, 0.717) is 6.04 Å². The summed E-state index contributed by atoms with van der Waals surface area (Å²) in [5.74, 6) is 0. The fraction of sp³-hybridized carbons (Fsp3) is 0.393. The van der Waals surface area contributed by atoms with Crippen LogP contribution in [0.5, 0.6) is 0 Å². The first-order valence-electron chi connectivity index (χ1n) is 12.5. The largest absolute Gasteiger partial charge is 0.380 e. The van der Waals surface area contributed by atoms with Crippen molar-refractivity contribution in [1.29, 1.82) is 0 Å². The molecule has 1 aliphatic rings. The highest BCUT2D eigenvalue weighted by Gasteiger charge is 2.20. The van der Waals surface area contributed by atoms with Crippen LogP contribution in [0.2, 0.25) is 5.02 Å². The second kappa shape index (κ2) is 10.3. The number of aryl methyl sites for hydroxylation is 1. The van der Waals surface area contributed by atoms with Gasteiger partial charge in [0.05, 0.1) is 5.52 Å². The zero-order valence-corrected chi connectivity index (χ0v) is 20.6. The van der Waals surface area contributed by atoms with E-state index >= 15 is 0 Å². The molecule has 6 heteroatoms. The highest BCUT2D eigenvalue weighted by molar-refractivity contribution is 6.31. The second-order valence-corrected chi connectivity index (χ2v) is 9.95. The number of anilines is 1. The molecule has 0 spiro atoms. The standard InChI is InChI=1S/C28H34ClN5/c1-2-21(17-31-16-20(30)13-18-15-32-25-9-5-3-7-22(18)25)33-28-23-8-4-6-10-26(23)34-27-14-19(29)11-12-24(27)28/h3,5,7,9,11-12,14-15,20-21,31-32H,2,4,6,8,10,13,16-17,30H2,1H3,(H,33,34). The number of para-hydroxylation sites is 1. The van der Waals surface area contributed by atoms with Gasteiger partial charge >= 0.3 is 0 Å². The number of H-pyrrole nitrogens is 1. The molecule has 0 amide bonds. The van der Waals surface area contributed by atoms with Crippen LogP contribution in [-0.2, 0) is 19.3 Å². The number of nitrogens with zero attached hydrogens (tertiary/aromatic N) is 1. The number of halogens is 1. The minimum absolute atomic E-state index is 0.0633. The molecular formula is C28H34ClN5. The van der Waals surface area contributed by atoms with Crippen LogP contribution in [0.25, 0.3) is 21.8 Å². The Hall–Kier alpha value is -2.60. The van der Waals surface area contributed by atoms with E-state index in [2.05, 4.69) is 59.1 Å². The molecule has 0 bridgehead atoms. The number of hydrogen-bond acceptors (Lipinski definition) is 4. The van der Waals surface area contributed by atoms with Gasteiger partial charge in [-0.05, 0) is 73.9 Å². The van der Waals surface area contributed by atoms with E-state index < -0.39 is 0 Å². The van der Waals surface area contributed by atoms with Crippen molar-refractivity contribution >= 4 is 39.1 Å². The molecule has 5 nitrogen and oxygen atoms in total. The molecule has 2 unspecified atom stereocenters. The van der Waals surface area contributed by atoms with E-state index in [4.69, 9.17) is 22.3 Å². The van der Waals surface area contributed by atoms with Crippen LogP contribution < -0.4 is 16.4 Å². The lowest BCUT2D eigenvalue weighted by atomic mass is 9.92. The normalized spacial score (nSPS) is 15.4. The van der Waals surface area contributed by atoms with E-state index in [1.807, 2.05) is 12.1 Å². The molecule has 0 aliphatic heterocycles. The summed E-state index contributed by atoms with van der Waals surface area (Å²) in [6.45, 7) is 3.88. The van der Waals surface area contributed by atoms with Gasteiger partial charge in [0.15, 0.2) is 0 Å². The molecule has 2 aromatic heterocycles. The number of rotatable bonds is 9. The average Bonchev–Trinajstić information content (AvgIpc) is 3.25. The van der Waals surface area contributed by atoms with Gasteiger partial charge in [-0.2, -0.15) is 0 Å². The summed E-state index contributed by atoms with van der Waals surface area (Å²) < 4.78 is 0. The van der Waals surface area contributed by atoms with Gasteiger partial charge in [-0.3, -0.25) is 4.98 Å². The van der Waals surface area contributed by atoms with Crippen LogP contribution >= 0.6 is 11.6 Å². The first-order valence-corrected chi connectivity index (χ1v) is 12.9. The maximum absolute atomic E-state index is 6.50. The lowest BCUT2D eigenvalue weighted by Crippen LogP contribution is -2.40. The molecule has 2 aromatic carbocycles. The van der Waals surface area contributed by atoms with E-state index in [9.17, 15) is 0 Å². The number of hydrogen-bond donors (Lipinski definition) is 4. The van der Waals surface area contributed by atoms with E-state index in [1.54, 1.807) is 0 Å². The summed E-state index contributed by atoms with van der Waals surface area (Å²) in [5, 5.41) is 10.7. The zero-order chi connectivity index (χ0) is 23.5. The smallest absolute Gasteiger partial charge is 0.0741 e. The molecule has 0 fully saturated rings. The van der Waals surface area contributed by atoms with Crippen LogP contribution in [0, 0.1) is 0 Å². The fourth-order valence-electron chi connectivity index (χ4n) is 5.16. The Morgan fingerprint density at radius 2 is 1.94 bits per heavy atom. The molecule has 5 N–H and O–H groups in total. The van der Waals surface area contributed by atoms with E-state index in [-0.39, 0.29) is 6.04 Å². The molecule has 0 saturated heterocycles. The molecular weight excluding hydrogens is 442 g/mol. The van der Waals surface area contributed by atoms with Crippen molar-refractivity contribution in [2.24, 2.45) is 5.73 Å². The molecule has 178 valence electrons. The van der Waals surface area contributed by atoms with Crippen molar-refractivity contribution in [3.05, 3.63) is 70.5 Å². The van der Waals surface area contributed by atoms with Crippen molar-refractivity contribution in [1.82, 2.24) is 15.3 Å². The summed E-state index contributed by atoms with van der Waals surface area (Å²) in [7, 11) is 0. The number of pyridine rings is 1.